The van der Waals surface area contributed by atoms with Crippen molar-refractivity contribution >= 4 is 11.6 Å². The molecule has 1 aliphatic heterocycles. The summed E-state index contributed by atoms with van der Waals surface area (Å²) in [6.07, 6.45) is -3.77. The molecule has 112 valence electrons. The van der Waals surface area contributed by atoms with E-state index in [9.17, 15) is 28.8 Å². The van der Waals surface area contributed by atoms with E-state index in [0.717, 1.165) is 12.1 Å². The Balaban J connectivity index is 2.37. The number of hydrogen-bond donors (Lipinski definition) is 2. The summed E-state index contributed by atoms with van der Waals surface area (Å²) < 4.78 is 26.0. The number of nitrogens with zero attached hydrogens (tertiary/aromatic N) is 2. The highest BCUT2D eigenvalue weighted by atomic mass is 19.3. The van der Waals surface area contributed by atoms with Crippen LogP contribution in [-0.2, 0) is 0 Å². The first kappa shape index (κ1) is 14.9. The lowest BCUT2D eigenvalue weighted by Crippen LogP contribution is -2.55. The molecule has 2 N–H and O–H groups in total. The average molecular weight is 299 g/mol. The Morgan fingerprint density at radius 3 is 2.81 bits per heavy atom. The van der Waals surface area contributed by atoms with Crippen LogP contribution in [-0.4, -0.2) is 33.1 Å². The molecule has 1 aliphatic rings. The minimum Gasteiger partial charge on any atom is -0.364 e. The smallest absolute Gasteiger partial charge is 0.287 e. The van der Waals surface area contributed by atoms with Gasteiger partial charge in [0.1, 0.15) is 0 Å². The number of carbonyl (C=O) groups excluding carboxylic acids is 1. The van der Waals surface area contributed by atoms with Gasteiger partial charge in [0, 0.05) is 29.8 Å². The number of aliphatic hydroxyl groups is 1. The second-order valence-corrected chi connectivity index (χ2v) is 4.52. The largest absolute Gasteiger partial charge is 0.364 e. The zero-order valence-electron chi connectivity index (χ0n) is 10.6. The van der Waals surface area contributed by atoms with Crippen molar-refractivity contribution in [3.05, 3.63) is 52.2 Å². The first-order valence-electron chi connectivity index (χ1n) is 5.79. The molecule has 1 unspecified atom stereocenters. The Labute approximate surface area is 117 Å². The lowest BCUT2D eigenvalue weighted by molar-refractivity contribution is -0.384. The molecule has 2 rings (SSSR count). The molecule has 1 amide bonds. The molecule has 1 aromatic carbocycles. The van der Waals surface area contributed by atoms with Gasteiger partial charge in [0.25, 0.3) is 18.0 Å². The van der Waals surface area contributed by atoms with Gasteiger partial charge in [-0.3, -0.25) is 20.3 Å². The number of rotatable bonds is 3. The normalized spacial score (nSPS) is 21.5. The van der Waals surface area contributed by atoms with E-state index < -0.39 is 29.4 Å². The van der Waals surface area contributed by atoms with E-state index in [-0.39, 0.29) is 16.9 Å². The third-order valence-corrected chi connectivity index (χ3v) is 2.99. The SMILES string of the molecule is C=C1CC(O)(C(F)F)N(C(=O)c2cccc([N+](=O)[O-])c2)N1. The fourth-order valence-corrected chi connectivity index (χ4v) is 1.97. The molecule has 0 bridgehead atoms. The fraction of sp³-hybridized carbons (Fsp3) is 0.250. The fourth-order valence-electron chi connectivity index (χ4n) is 1.97. The number of alkyl halides is 2. The third kappa shape index (κ3) is 2.55. The second-order valence-electron chi connectivity index (χ2n) is 4.52. The second kappa shape index (κ2) is 5.09. The zero-order valence-corrected chi connectivity index (χ0v) is 10.6. The molecule has 1 heterocycles. The number of nitrogens with one attached hydrogen (secondary N) is 1. The summed E-state index contributed by atoms with van der Waals surface area (Å²) in [6, 6.07) is 4.57. The van der Waals surface area contributed by atoms with E-state index in [1.807, 2.05) is 0 Å². The molecule has 1 saturated heterocycles. The van der Waals surface area contributed by atoms with Crippen LogP contribution in [0.25, 0.3) is 0 Å². The number of non-ortho nitro benzene ring substituents is 1. The van der Waals surface area contributed by atoms with E-state index in [1.165, 1.54) is 12.1 Å². The number of hydrazine groups is 1. The number of halogens is 2. The van der Waals surface area contributed by atoms with Crippen molar-refractivity contribution in [2.24, 2.45) is 0 Å². The van der Waals surface area contributed by atoms with Crippen LogP contribution in [0.4, 0.5) is 14.5 Å². The van der Waals surface area contributed by atoms with Crippen molar-refractivity contribution in [3.8, 4) is 0 Å². The van der Waals surface area contributed by atoms with E-state index in [2.05, 4.69) is 12.0 Å². The molecule has 0 aliphatic carbocycles. The number of nitro groups is 1. The highest BCUT2D eigenvalue weighted by molar-refractivity contribution is 5.95. The summed E-state index contributed by atoms with van der Waals surface area (Å²) >= 11 is 0. The van der Waals surface area contributed by atoms with E-state index in [0.29, 0.717) is 5.01 Å². The lowest BCUT2D eigenvalue weighted by Gasteiger charge is -2.31. The van der Waals surface area contributed by atoms with Gasteiger partial charge in [0.15, 0.2) is 0 Å². The molecular formula is C12H11F2N3O4. The van der Waals surface area contributed by atoms with Crippen molar-refractivity contribution in [1.29, 1.82) is 0 Å². The highest BCUT2D eigenvalue weighted by Crippen LogP contribution is 2.33. The van der Waals surface area contributed by atoms with Crippen LogP contribution in [0.1, 0.15) is 16.8 Å². The summed E-state index contributed by atoms with van der Waals surface area (Å²) in [7, 11) is 0. The summed E-state index contributed by atoms with van der Waals surface area (Å²) in [5.41, 5.74) is -1.00. The van der Waals surface area contributed by atoms with E-state index in [1.54, 1.807) is 0 Å². The molecular weight excluding hydrogens is 288 g/mol. The standard InChI is InChI=1S/C12H11F2N3O4/c1-7-6-12(19,11(13)14)16(15-7)10(18)8-3-2-4-9(5-8)17(20)21/h2-5,11,15,19H,1,6H2. The van der Waals surface area contributed by atoms with E-state index >= 15 is 0 Å². The van der Waals surface area contributed by atoms with Crippen LogP contribution in [0, 0.1) is 10.1 Å². The highest BCUT2D eigenvalue weighted by Gasteiger charge is 2.51. The molecule has 0 saturated carbocycles. The maximum absolute atomic E-state index is 13.0. The lowest BCUT2D eigenvalue weighted by atomic mass is 10.1. The number of amides is 1. The summed E-state index contributed by atoms with van der Waals surface area (Å²) in [6.45, 7) is 3.40. The number of benzene rings is 1. The minimum atomic E-state index is -3.23. The Bertz CT molecular complexity index is 622. The summed E-state index contributed by atoms with van der Waals surface area (Å²) in [5, 5.41) is 20.9. The molecule has 0 aromatic heterocycles. The van der Waals surface area contributed by atoms with Gasteiger partial charge in [-0.05, 0) is 6.07 Å². The third-order valence-electron chi connectivity index (χ3n) is 2.99. The van der Waals surface area contributed by atoms with Crippen molar-refractivity contribution in [3.63, 3.8) is 0 Å². The van der Waals surface area contributed by atoms with Crippen LogP contribution in [0.15, 0.2) is 36.5 Å². The Morgan fingerprint density at radius 2 is 2.24 bits per heavy atom. The van der Waals surface area contributed by atoms with Crippen molar-refractivity contribution in [1.82, 2.24) is 10.4 Å². The molecule has 21 heavy (non-hydrogen) atoms. The Hall–Kier alpha value is -2.55. The predicted octanol–water partition coefficient (Wildman–Crippen LogP) is 1.41. The van der Waals surface area contributed by atoms with E-state index in [4.69, 9.17) is 0 Å². The van der Waals surface area contributed by atoms with Crippen molar-refractivity contribution < 1.29 is 23.6 Å². The molecule has 7 nitrogen and oxygen atoms in total. The molecule has 1 atom stereocenters. The minimum absolute atomic E-state index is 0.0385. The first-order valence-corrected chi connectivity index (χ1v) is 5.79. The molecule has 1 fully saturated rings. The topological polar surface area (TPSA) is 95.7 Å². The zero-order chi connectivity index (χ0) is 15.8. The quantitative estimate of drug-likeness (QED) is 0.650. The van der Waals surface area contributed by atoms with Crippen LogP contribution in [0.2, 0.25) is 0 Å². The number of carbonyl (C=O) groups is 1. The molecule has 9 heteroatoms. The van der Waals surface area contributed by atoms with Crippen molar-refractivity contribution in [2.75, 3.05) is 0 Å². The summed E-state index contributed by atoms with van der Waals surface area (Å²) in [5.74, 6) is -1.01. The van der Waals surface area contributed by atoms with Gasteiger partial charge in [-0.25, -0.2) is 13.8 Å². The Morgan fingerprint density at radius 1 is 1.57 bits per heavy atom. The molecule has 0 radical (unpaired) electrons. The number of hydrogen-bond acceptors (Lipinski definition) is 5. The Kier molecular flexibility index (Phi) is 3.60. The van der Waals surface area contributed by atoms with Gasteiger partial charge in [-0.15, -0.1) is 0 Å². The van der Waals surface area contributed by atoms with Gasteiger partial charge >= 0.3 is 0 Å². The van der Waals surface area contributed by atoms with Crippen LogP contribution in [0.5, 0.6) is 0 Å². The number of nitro benzene ring substituents is 1. The van der Waals surface area contributed by atoms with Gasteiger partial charge in [0.2, 0.25) is 5.72 Å². The van der Waals surface area contributed by atoms with Crippen LogP contribution < -0.4 is 5.43 Å². The maximum Gasteiger partial charge on any atom is 0.287 e. The molecule has 1 aromatic rings. The van der Waals surface area contributed by atoms with Crippen LogP contribution >= 0.6 is 0 Å². The summed E-state index contributed by atoms with van der Waals surface area (Å²) in [4.78, 5) is 22.1. The average Bonchev–Trinajstić information content (AvgIpc) is 2.74. The van der Waals surface area contributed by atoms with Gasteiger partial charge in [-0.1, -0.05) is 12.6 Å². The molecule has 0 spiro atoms. The van der Waals surface area contributed by atoms with Crippen LogP contribution in [0.3, 0.4) is 0 Å². The first-order chi connectivity index (χ1) is 9.75. The van der Waals surface area contributed by atoms with Gasteiger partial charge < -0.3 is 5.11 Å². The van der Waals surface area contributed by atoms with Gasteiger partial charge in [0.05, 0.1) is 4.92 Å². The maximum atomic E-state index is 13.0. The van der Waals surface area contributed by atoms with Crippen molar-refractivity contribution in [2.45, 2.75) is 18.6 Å². The van der Waals surface area contributed by atoms with Gasteiger partial charge in [-0.2, -0.15) is 0 Å². The predicted molar refractivity (Wildman–Crippen MR) is 67.1 cm³/mol. The monoisotopic (exact) mass is 299 g/mol.